The molecule has 1 aromatic rings. The molecule has 0 saturated heterocycles. The minimum absolute atomic E-state index is 0.572. The molecule has 0 saturated carbocycles. The molecular formula is C11H13NO2. The molecule has 1 atom stereocenters. The summed E-state index contributed by atoms with van der Waals surface area (Å²) < 4.78 is 0. The van der Waals surface area contributed by atoms with Crippen molar-refractivity contribution in [2.24, 2.45) is 5.73 Å². The third kappa shape index (κ3) is 1.83. The number of aliphatic carboxylic acids is 1. The van der Waals surface area contributed by atoms with Gasteiger partial charge in [-0.15, -0.1) is 0 Å². The molecule has 0 bridgehead atoms. The summed E-state index contributed by atoms with van der Waals surface area (Å²) in [5.74, 6) is -1.04. The first-order chi connectivity index (χ1) is 6.48. The van der Waals surface area contributed by atoms with Crippen molar-refractivity contribution in [1.29, 1.82) is 0 Å². The van der Waals surface area contributed by atoms with Gasteiger partial charge in [0.15, 0.2) is 0 Å². The fourth-order valence-electron chi connectivity index (χ4n) is 1.11. The Kier molecular flexibility index (Phi) is 2.72. The van der Waals surface area contributed by atoms with Gasteiger partial charge in [0.1, 0.15) is 5.54 Å². The zero-order chi connectivity index (χ0) is 10.8. The first kappa shape index (κ1) is 10.5. The van der Waals surface area contributed by atoms with Crippen LogP contribution < -0.4 is 5.73 Å². The highest BCUT2D eigenvalue weighted by atomic mass is 16.4. The summed E-state index contributed by atoms with van der Waals surface area (Å²) in [7, 11) is 0. The fourth-order valence-corrected chi connectivity index (χ4v) is 1.11. The largest absolute Gasteiger partial charge is 0.480 e. The summed E-state index contributed by atoms with van der Waals surface area (Å²) in [6.45, 7) is 5.08. The van der Waals surface area contributed by atoms with E-state index in [9.17, 15) is 4.79 Å². The predicted octanol–water partition coefficient (Wildman–Crippen LogP) is 1.59. The highest BCUT2D eigenvalue weighted by molar-refractivity contribution is 5.80. The zero-order valence-electron chi connectivity index (χ0n) is 8.03. The van der Waals surface area contributed by atoms with Gasteiger partial charge in [-0.2, -0.15) is 0 Å². The molecule has 0 heterocycles. The Morgan fingerprint density at radius 1 is 1.64 bits per heavy atom. The number of nitrogens with two attached hydrogens (primary N) is 1. The number of benzene rings is 1. The van der Waals surface area contributed by atoms with Gasteiger partial charge in [0.05, 0.1) is 0 Å². The van der Waals surface area contributed by atoms with Crippen LogP contribution in [0.15, 0.2) is 30.8 Å². The molecule has 0 fully saturated rings. The molecule has 0 radical (unpaired) electrons. The molecule has 0 amide bonds. The lowest BCUT2D eigenvalue weighted by molar-refractivity contribution is -0.143. The molecule has 1 rings (SSSR count). The van der Waals surface area contributed by atoms with Crippen molar-refractivity contribution in [1.82, 2.24) is 0 Å². The summed E-state index contributed by atoms with van der Waals surface area (Å²) in [4.78, 5) is 10.9. The quantitative estimate of drug-likeness (QED) is 0.762. The van der Waals surface area contributed by atoms with Crippen molar-refractivity contribution in [3.05, 3.63) is 42.0 Å². The summed E-state index contributed by atoms with van der Waals surface area (Å²) in [6, 6.07) is 7.02. The lowest BCUT2D eigenvalue weighted by atomic mass is 9.92. The molecule has 0 spiro atoms. The van der Waals surface area contributed by atoms with E-state index in [1.807, 2.05) is 6.07 Å². The van der Waals surface area contributed by atoms with Crippen LogP contribution in [0.25, 0.3) is 6.08 Å². The van der Waals surface area contributed by atoms with Crippen molar-refractivity contribution < 1.29 is 9.90 Å². The topological polar surface area (TPSA) is 63.3 Å². The maximum atomic E-state index is 10.9. The monoisotopic (exact) mass is 191 g/mol. The maximum Gasteiger partial charge on any atom is 0.328 e. The third-order valence-electron chi connectivity index (χ3n) is 2.17. The van der Waals surface area contributed by atoms with E-state index >= 15 is 0 Å². The molecule has 1 aromatic carbocycles. The molecule has 0 aliphatic heterocycles. The van der Waals surface area contributed by atoms with Gasteiger partial charge in [0.25, 0.3) is 0 Å². The number of carboxylic acids is 1. The Bertz CT molecular complexity index is 369. The summed E-state index contributed by atoms with van der Waals surface area (Å²) in [5.41, 5.74) is 5.76. The van der Waals surface area contributed by atoms with Crippen LogP contribution in [0.5, 0.6) is 0 Å². The van der Waals surface area contributed by atoms with E-state index in [-0.39, 0.29) is 0 Å². The van der Waals surface area contributed by atoms with E-state index in [0.717, 1.165) is 5.56 Å². The average Bonchev–Trinajstić information content (AvgIpc) is 2.17. The number of hydrogen-bond donors (Lipinski definition) is 2. The number of hydrogen-bond acceptors (Lipinski definition) is 2. The van der Waals surface area contributed by atoms with Crippen molar-refractivity contribution in [2.75, 3.05) is 0 Å². The van der Waals surface area contributed by atoms with Crippen LogP contribution in [-0.4, -0.2) is 11.1 Å². The van der Waals surface area contributed by atoms with Crippen LogP contribution >= 0.6 is 0 Å². The molecule has 3 nitrogen and oxygen atoms in total. The van der Waals surface area contributed by atoms with E-state index in [1.165, 1.54) is 6.92 Å². The molecule has 3 N–H and O–H groups in total. The number of carbonyl (C=O) groups is 1. The lowest BCUT2D eigenvalue weighted by Gasteiger charge is -2.19. The Labute approximate surface area is 82.9 Å². The minimum atomic E-state index is -1.35. The second-order valence-electron chi connectivity index (χ2n) is 3.34. The van der Waals surface area contributed by atoms with Gasteiger partial charge < -0.3 is 10.8 Å². The van der Waals surface area contributed by atoms with Gasteiger partial charge in [-0.1, -0.05) is 30.9 Å². The van der Waals surface area contributed by atoms with Gasteiger partial charge in [-0.25, -0.2) is 4.79 Å². The van der Waals surface area contributed by atoms with Crippen LogP contribution in [0.2, 0.25) is 0 Å². The van der Waals surface area contributed by atoms with E-state index in [4.69, 9.17) is 10.8 Å². The normalized spacial score (nSPS) is 14.4. The molecule has 3 heteroatoms. The van der Waals surface area contributed by atoms with E-state index in [2.05, 4.69) is 6.58 Å². The van der Waals surface area contributed by atoms with Crippen molar-refractivity contribution in [3.63, 3.8) is 0 Å². The van der Waals surface area contributed by atoms with Gasteiger partial charge in [0, 0.05) is 0 Å². The van der Waals surface area contributed by atoms with Crippen molar-refractivity contribution in [2.45, 2.75) is 12.5 Å². The first-order valence-corrected chi connectivity index (χ1v) is 4.23. The molecule has 1 unspecified atom stereocenters. The summed E-state index contributed by atoms with van der Waals surface area (Å²) in [6.07, 6.45) is 1.65. The molecule has 14 heavy (non-hydrogen) atoms. The van der Waals surface area contributed by atoms with Gasteiger partial charge in [-0.3, -0.25) is 0 Å². The van der Waals surface area contributed by atoms with E-state index in [1.54, 1.807) is 24.3 Å². The van der Waals surface area contributed by atoms with Crippen LogP contribution in [0.3, 0.4) is 0 Å². The molecular weight excluding hydrogens is 178 g/mol. The second-order valence-corrected chi connectivity index (χ2v) is 3.34. The Morgan fingerprint density at radius 2 is 2.29 bits per heavy atom. The summed E-state index contributed by atoms with van der Waals surface area (Å²) in [5, 5.41) is 8.91. The van der Waals surface area contributed by atoms with Crippen LogP contribution in [0.1, 0.15) is 18.1 Å². The Hall–Kier alpha value is -1.61. The van der Waals surface area contributed by atoms with Crippen LogP contribution in [-0.2, 0) is 10.3 Å². The van der Waals surface area contributed by atoms with Crippen LogP contribution in [0.4, 0.5) is 0 Å². The molecule has 74 valence electrons. The highest BCUT2D eigenvalue weighted by Gasteiger charge is 2.29. The number of rotatable bonds is 3. The van der Waals surface area contributed by atoms with Gasteiger partial charge >= 0.3 is 5.97 Å². The highest BCUT2D eigenvalue weighted by Crippen LogP contribution is 2.19. The smallest absolute Gasteiger partial charge is 0.328 e. The van der Waals surface area contributed by atoms with Gasteiger partial charge in [0.2, 0.25) is 0 Å². The van der Waals surface area contributed by atoms with Crippen LogP contribution in [0, 0.1) is 0 Å². The fraction of sp³-hybridized carbons (Fsp3) is 0.182. The average molecular weight is 191 g/mol. The second kappa shape index (κ2) is 3.64. The van der Waals surface area contributed by atoms with Crippen molar-refractivity contribution in [3.8, 4) is 0 Å². The lowest BCUT2D eigenvalue weighted by Crippen LogP contribution is -2.41. The minimum Gasteiger partial charge on any atom is -0.480 e. The Morgan fingerprint density at radius 3 is 2.79 bits per heavy atom. The van der Waals surface area contributed by atoms with Gasteiger partial charge in [-0.05, 0) is 24.1 Å². The molecule has 0 aliphatic carbocycles. The predicted molar refractivity (Wildman–Crippen MR) is 55.7 cm³/mol. The molecule has 0 aliphatic rings. The van der Waals surface area contributed by atoms with E-state index < -0.39 is 11.5 Å². The van der Waals surface area contributed by atoms with E-state index in [0.29, 0.717) is 5.56 Å². The standard InChI is InChI=1S/C11H13NO2/c1-3-8-5-4-6-9(7-8)11(2,12)10(13)14/h3-7H,1,12H2,2H3,(H,13,14). The Balaban J connectivity index is 3.18. The third-order valence-corrected chi connectivity index (χ3v) is 2.17. The number of carboxylic acid groups (broad SMARTS) is 1. The maximum absolute atomic E-state index is 10.9. The zero-order valence-corrected chi connectivity index (χ0v) is 8.03. The molecule has 0 aromatic heterocycles. The van der Waals surface area contributed by atoms with Crippen molar-refractivity contribution >= 4 is 12.0 Å². The summed E-state index contributed by atoms with van der Waals surface area (Å²) >= 11 is 0. The SMILES string of the molecule is C=Cc1cccc(C(C)(N)C(=O)O)c1. The first-order valence-electron chi connectivity index (χ1n) is 4.23.